The number of nitrogens with two attached hydrogens (primary N) is 1. The van der Waals surface area contributed by atoms with Crippen molar-refractivity contribution in [3.05, 3.63) is 48.0 Å². The number of amides is 2. The number of alkyl halides is 3. The molecule has 2 N–H and O–H groups in total. The zero-order valence-electron chi connectivity index (χ0n) is 14.8. The Morgan fingerprint density at radius 2 is 1.75 bits per heavy atom. The number of anilines is 1. The molecule has 3 rings (SSSR count). The van der Waals surface area contributed by atoms with Gasteiger partial charge in [0.1, 0.15) is 23.3 Å². The normalized spacial score (nSPS) is 16.9. The molecule has 2 aromatic carbocycles. The number of primary amides is 1. The molecule has 6 nitrogen and oxygen atoms in total. The largest absolute Gasteiger partial charge is 0.497 e. The van der Waals surface area contributed by atoms with Crippen LogP contribution in [-0.2, 0) is 15.8 Å². The number of methoxy groups -OCH3 is 1. The molecule has 1 aliphatic heterocycles. The number of halogens is 3. The summed E-state index contributed by atoms with van der Waals surface area (Å²) in [5.74, 6) is -0.137. The van der Waals surface area contributed by atoms with Crippen molar-refractivity contribution in [3.63, 3.8) is 0 Å². The van der Waals surface area contributed by atoms with E-state index in [1.54, 1.807) is 6.07 Å². The van der Waals surface area contributed by atoms with Gasteiger partial charge in [-0.2, -0.15) is 13.2 Å². The highest BCUT2D eigenvalue weighted by atomic mass is 19.4. The SMILES string of the molecule is COc1cc(Oc2ccc(C(F)(F)F)cc2)cc(N2C(=O)CCC2C(N)=O)c1. The second-order valence-corrected chi connectivity index (χ2v) is 6.21. The van der Waals surface area contributed by atoms with Crippen LogP contribution in [0, 0.1) is 0 Å². The number of nitrogens with zero attached hydrogens (tertiary/aromatic N) is 1. The molecule has 2 aromatic rings. The number of carbonyl (C=O) groups excluding carboxylic acids is 2. The first-order valence-electron chi connectivity index (χ1n) is 8.34. The predicted molar refractivity (Wildman–Crippen MR) is 94.2 cm³/mol. The summed E-state index contributed by atoms with van der Waals surface area (Å²) in [5.41, 5.74) is 4.94. The Balaban J connectivity index is 1.91. The maximum atomic E-state index is 12.7. The van der Waals surface area contributed by atoms with E-state index in [0.717, 1.165) is 12.1 Å². The highest BCUT2D eigenvalue weighted by Crippen LogP contribution is 2.36. The fourth-order valence-electron chi connectivity index (χ4n) is 3.00. The average molecular weight is 394 g/mol. The van der Waals surface area contributed by atoms with Crippen molar-refractivity contribution < 1.29 is 32.2 Å². The van der Waals surface area contributed by atoms with E-state index in [4.69, 9.17) is 15.2 Å². The van der Waals surface area contributed by atoms with Gasteiger partial charge in [-0.3, -0.25) is 14.5 Å². The fourth-order valence-corrected chi connectivity index (χ4v) is 3.00. The molecule has 0 spiro atoms. The summed E-state index contributed by atoms with van der Waals surface area (Å²) in [6.45, 7) is 0. The van der Waals surface area contributed by atoms with Crippen molar-refractivity contribution in [1.82, 2.24) is 0 Å². The van der Waals surface area contributed by atoms with Gasteiger partial charge in [-0.15, -0.1) is 0 Å². The molecule has 1 aliphatic rings. The van der Waals surface area contributed by atoms with Crippen molar-refractivity contribution in [3.8, 4) is 17.2 Å². The summed E-state index contributed by atoms with van der Waals surface area (Å²) in [6, 6.07) is 7.98. The molecular weight excluding hydrogens is 377 g/mol. The van der Waals surface area contributed by atoms with Crippen LogP contribution in [0.3, 0.4) is 0 Å². The quantitative estimate of drug-likeness (QED) is 0.842. The van der Waals surface area contributed by atoms with Crippen LogP contribution < -0.4 is 20.1 Å². The minimum Gasteiger partial charge on any atom is -0.497 e. The van der Waals surface area contributed by atoms with E-state index in [0.29, 0.717) is 17.9 Å². The van der Waals surface area contributed by atoms with Gasteiger partial charge < -0.3 is 15.2 Å². The summed E-state index contributed by atoms with van der Waals surface area (Å²) in [6.07, 6.45) is -3.96. The third-order valence-electron chi connectivity index (χ3n) is 4.34. The van der Waals surface area contributed by atoms with Gasteiger partial charge in [0.05, 0.1) is 18.4 Å². The van der Waals surface area contributed by atoms with Gasteiger partial charge in [-0.25, -0.2) is 0 Å². The van der Waals surface area contributed by atoms with Crippen LogP contribution >= 0.6 is 0 Å². The first kappa shape index (κ1) is 19.5. The van der Waals surface area contributed by atoms with Crippen molar-refractivity contribution in [2.24, 2.45) is 5.73 Å². The van der Waals surface area contributed by atoms with Crippen LogP contribution in [0.4, 0.5) is 18.9 Å². The lowest BCUT2D eigenvalue weighted by atomic mass is 10.2. The van der Waals surface area contributed by atoms with Crippen molar-refractivity contribution in [2.45, 2.75) is 25.1 Å². The van der Waals surface area contributed by atoms with Gasteiger partial charge in [-0.1, -0.05) is 0 Å². The lowest BCUT2D eigenvalue weighted by Crippen LogP contribution is -2.42. The Morgan fingerprint density at radius 3 is 2.32 bits per heavy atom. The molecule has 0 radical (unpaired) electrons. The van der Waals surface area contributed by atoms with E-state index in [-0.39, 0.29) is 23.8 Å². The molecule has 0 aliphatic carbocycles. The highest BCUT2D eigenvalue weighted by Gasteiger charge is 2.36. The molecule has 1 heterocycles. The highest BCUT2D eigenvalue weighted by molar-refractivity contribution is 6.03. The summed E-state index contributed by atoms with van der Waals surface area (Å²) >= 11 is 0. The summed E-state index contributed by atoms with van der Waals surface area (Å²) in [7, 11) is 1.42. The number of benzene rings is 2. The summed E-state index contributed by atoms with van der Waals surface area (Å²) in [4.78, 5) is 25.2. The third kappa shape index (κ3) is 4.03. The van der Waals surface area contributed by atoms with E-state index < -0.39 is 23.7 Å². The zero-order valence-corrected chi connectivity index (χ0v) is 14.8. The van der Waals surface area contributed by atoms with Gasteiger partial charge in [0, 0.05) is 24.6 Å². The second-order valence-electron chi connectivity index (χ2n) is 6.21. The lowest BCUT2D eigenvalue weighted by Gasteiger charge is -2.23. The molecule has 0 bridgehead atoms. The Hall–Kier alpha value is -3.23. The first-order chi connectivity index (χ1) is 13.2. The average Bonchev–Trinajstić information content (AvgIpc) is 3.03. The number of hydrogen-bond acceptors (Lipinski definition) is 4. The third-order valence-corrected chi connectivity index (χ3v) is 4.34. The monoisotopic (exact) mass is 394 g/mol. The van der Waals surface area contributed by atoms with E-state index in [2.05, 4.69) is 0 Å². The molecular formula is C19H17F3N2O4. The zero-order chi connectivity index (χ0) is 20.5. The molecule has 148 valence electrons. The molecule has 1 saturated heterocycles. The molecule has 2 amide bonds. The number of rotatable bonds is 5. The predicted octanol–water partition coefficient (Wildman–Crippen LogP) is 3.49. The number of ether oxygens (including phenoxy) is 2. The Kier molecular flexibility index (Phi) is 5.17. The standard InChI is InChI=1S/C19H17F3N2O4/c1-27-14-8-12(24-16(18(23)26)6-7-17(24)25)9-15(10-14)28-13-4-2-11(3-5-13)19(20,21)22/h2-5,8-10,16H,6-7H2,1H3,(H2,23,26). The smallest absolute Gasteiger partial charge is 0.416 e. The van der Waals surface area contributed by atoms with E-state index in [1.165, 1.54) is 36.3 Å². The van der Waals surface area contributed by atoms with Crippen LogP contribution in [0.25, 0.3) is 0 Å². The minimum absolute atomic E-state index is 0.173. The molecule has 1 fully saturated rings. The van der Waals surface area contributed by atoms with Crippen LogP contribution in [-0.4, -0.2) is 25.0 Å². The summed E-state index contributed by atoms with van der Waals surface area (Å²) < 4.78 is 48.9. The Bertz CT molecular complexity index is 897. The minimum atomic E-state index is -4.44. The van der Waals surface area contributed by atoms with Gasteiger partial charge >= 0.3 is 6.18 Å². The summed E-state index contributed by atoms with van der Waals surface area (Å²) in [5, 5.41) is 0. The van der Waals surface area contributed by atoms with Crippen LogP contribution in [0.1, 0.15) is 18.4 Å². The van der Waals surface area contributed by atoms with Crippen molar-refractivity contribution in [1.29, 1.82) is 0 Å². The van der Waals surface area contributed by atoms with E-state index >= 15 is 0 Å². The molecule has 28 heavy (non-hydrogen) atoms. The second kappa shape index (κ2) is 7.41. The van der Waals surface area contributed by atoms with Crippen LogP contribution in [0.15, 0.2) is 42.5 Å². The molecule has 1 atom stereocenters. The Morgan fingerprint density at radius 1 is 1.11 bits per heavy atom. The van der Waals surface area contributed by atoms with Crippen LogP contribution in [0.5, 0.6) is 17.2 Å². The number of hydrogen-bond donors (Lipinski definition) is 1. The molecule has 9 heteroatoms. The maximum absolute atomic E-state index is 12.7. The van der Waals surface area contributed by atoms with Crippen molar-refractivity contribution in [2.75, 3.05) is 12.0 Å². The van der Waals surface area contributed by atoms with Crippen molar-refractivity contribution >= 4 is 17.5 Å². The molecule has 1 unspecified atom stereocenters. The topological polar surface area (TPSA) is 81.9 Å². The molecule has 0 aromatic heterocycles. The van der Waals surface area contributed by atoms with Gasteiger partial charge in [-0.05, 0) is 30.7 Å². The van der Waals surface area contributed by atoms with Gasteiger partial charge in [0.15, 0.2) is 0 Å². The van der Waals surface area contributed by atoms with Gasteiger partial charge in [0.2, 0.25) is 11.8 Å². The Labute approximate surface area is 158 Å². The maximum Gasteiger partial charge on any atom is 0.416 e. The fraction of sp³-hybridized carbons (Fsp3) is 0.263. The first-order valence-corrected chi connectivity index (χ1v) is 8.34. The van der Waals surface area contributed by atoms with Gasteiger partial charge in [0.25, 0.3) is 0 Å². The van der Waals surface area contributed by atoms with E-state index in [9.17, 15) is 22.8 Å². The lowest BCUT2D eigenvalue weighted by molar-refractivity contribution is -0.137. The van der Waals surface area contributed by atoms with E-state index in [1.807, 2.05) is 0 Å². The van der Waals surface area contributed by atoms with Crippen LogP contribution in [0.2, 0.25) is 0 Å². The molecule has 0 saturated carbocycles. The number of carbonyl (C=O) groups is 2.